The number of hydrogen-bond acceptors (Lipinski definition) is 2. The van der Waals surface area contributed by atoms with Crippen molar-refractivity contribution in [1.82, 2.24) is 0 Å². The molecule has 0 fully saturated rings. The van der Waals surface area contributed by atoms with Crippen molar-refractivity contribution in [3.05, 3.63) is 33.8 Å². The monoisotopic (exact) mass is 318 g/mol. The third kappa shape index (κ3) is 7.49. The molecule has 20 heavy (non-hydrogen) atoms. The summed E-state index contributed by atoms with van der Waals surface area (Å²) in [5, 5.41) is 1.30. The predicted molar refractivity (Wildman–Crippen MR) is 85.7 cm³/mol. The van der Waals surface area contributed by atoms with Crippen molar-refractivity contribution in [3.63, 3.8) is 0 Å². The van der Waals surface area contributed by atoms with Crippen LogP contribution in [-0.4, -0.2) is 19.8 Å². The Hall–Kier alpha value is -0.280. The second-order valence-corrected chi connectivity index (χ2v) is 5.59. The zero-order chi connectivity index (χ0) is 14.6. The Bertz CT molecular complexity index is 349. The van der Waals surface area contributed by atoms with Crippen molar-refractivity contribution in [2.75, 3.05) is 19.8 Å². The van der Waals surface area contributed by atoms with E-state index >= 15 is 0 Å². The van der Waals surface area contributed by atoms with Crippen molar-refractivity contribution in [3.8, 4) is 0 Å². The van der Waals surface area contributed by atoms with E-state index < -0.39 is 0 Å². The van der Waals surface area contributed by atoms with Crippen molar-refractivity contribution in [2.45, 2.75) is 45.6 Å². The maximum Gasteiger partial charge on any atom is 0.0747 e. The van der Waals surface area contributed by atoms with Gasteiger partial charge in [0.05, 0.1) is 19.8 Å². The minimum absolute atomic E-state index is 0.429. The molecule has 0 aromatic heterocycles. The van der Waals surface area contributed by atoms with Crippen LogP contribution in [0.4, 0.5) is 0 Å². The third-order valence-corrected chi connectivity index (χ3v) is 3.78. The normalized spacial score (nSPS) is 10.9. The van der Waals surface area contributed by atoms with E-state index in [0.29, 0.717) is 29.9 Å². The quantitative estimate of drug-likeness (QED) is 0.502. The molecule has 0 N–H and O–H groups in total. The third-order valence-electron chi connectivity index (χ3n) is 3.07. The van der Waals surface area contributed by atoms with Crippen LogP contribution in [0.5, 0.6) is 0 Å². The lowest BCUT2D eigenvalue weighted by Gasteiger charge is -2.08. The van der Waals surface area contributed by atoms with Crippen LogP contribution in [0.25, 0.3) is 0 Å². The summed E-state index contributed by atoms with van der Waals surface area (Å²) in [7, 11) is 0. The first-order valence-corrected chi connectivity index (χ1v) is 8.09. The van der Waals surface area contributed by atoms with Crippen LogP contribution in [0.15, 0.2) is 18.2 Å². The molecule has 0 heterocycles. The fourth-order valence-electron chi connectivity index (χ4n) is 1.87. The highest BCUT2D eigenvalue weighted by molar-refractivity contribution is 6.35. The number of halogens is 2. The molecule has 0 aliphatic carbocycles. The van der Waals surface area contributed by atoms with Gasteiger partial charge in [-0.15, -0.1) is 0 Å². The summed E-state index contributed by atoms with van der Waals surface area (Å²) in [5.41, 5.74) is 0.843. The second-order valence-electron chi connectivity index (χ2n) is 4.78. The SMILES string of the molecule is CCCCCCCOCCOCc1c(Cl)cccc1Cl. The topological polar surface area (TPSA) is 18.5 Å². The summed E-state index contributed by atoms with van der Waals surface area (Å²) in [5.74, 6) is 0. The minimum Gasteiger partial charge on any atom is -0.379 e. The molecular formula is C16H24Cl2O2. The molecule has 0 radical (unpaired) electrons. The van der Waals surface area contributed by atoms with Gasteiger partial charge in [0.15, 0.2) is 0 Å². The first-order chi connectivity index (χ1) is 9.75. The molecule has 0 aliphatic heterocycles. The number of hydrogen-bond donors (Lipinski definition) is 0. The summed E-state index contributed by atoms with van der Waals surface area (Å²) >= 11 is 12.1. The Morgan fingerprint density at radius 3 is 2.20 bits per heavy atom. The lowest BCUT2D eigenvalue weighted by molar-refractivity contribution is 0.0393. The van der Waals surface area contributed by atoms with Gasteiger partial charge in [0.25, 0.3) is 0 Å². The maximum atomic E-state index is 6.06. The zero-order valence-electron chi connectivity index (χ0n) is 12.2. The summed E-state index contributed by atoms with van der Waals surface area (Å²) in [6.45, 7) is 4.66. The molecule has 0 amide bonds. The fourth-order valence-corrected chi connectivity index (χ4v) is 2.38. The molecule has 0 saturated heterocycles. The maximum absolute atomic E-state index is 6.06. The van der Waals surface area contributed by atoms with Gasteiger partial charge in [-0.2, -0.15) is 0 Å². The van der Waals surface area contributed by atoms with Crippen LogP contribution in [0.2, 0.25) is 10.0 Å². The highest BCUT2D eigenvalue weighted by Gasteiger charge is 2.04. The highest BCUT2D eigenvalue weighted by Crippen LogP contribution is 2.24. The Balaban J connectivity index is 2.00. The summed E-state index contributed by atoms with van der Waals surface area (Å²) in [4.78, 5) is 0. The molecule has 1 rings (SSSR count). The van der Waals surface area contributed by atoms with E-state index in [9.17, 15) is 0 Å². The minimum atomic E-state index is 0.429. The van der Waals surface area contributed by atoms with E-state index in [4.69, 9.17) is 32.7 Å². The second kappa shape index (κ2) is 11.4. The van der Waals surface area contributed by atoms with Crippen LogP contribution < -0.4 is 0 Å². The highest BCUT2D eigenvalue weighted by atomic mass is 35.5. The zero-order valence-corrected chi connectivity index (χ0v) is 13.7. The molecule has 1 aromatic rings. The van der Waals surface area contributed by atoms with E-state index in [1.165, 1.54) is 25.7 Å². The van der Waals surface area contributed by atoms with Gasteiger partial charge in [0, 0.05) is 22.2 Å². The number of rotatable bonds is 11. The standard InChI is InChI=1S/C16H24Cl2O2/c1-2-3-4-5-6-10-19-11-12-20-13-14-15(17)8-7-9-16(14)18/h7-9H,2-6,10-13H2,1H3. The molecule has 0 bridgehead atoms. The van der Waals surface area contributed by atoms with E-state index in [2.05, 4.69) is 6.92 Å². The van der Waals surface area contributed by atoms with Gasteiger partial charge in [-0.25, -0.2) is 0 Å². The molecular weight excluding hydrogens is 295 g/mol. The first kappa shape index (κ1) is 17.8. The molecule has 0 unspecified atom stereocenters. The largest absolute Gasteiger partial charge is 0.379 e. The van der Waals surface area contributed by atoms with Gasteiger partial charge in [0.2, 0.25) is 0 Å². The Kier molecular flexibility index (Phi) is 10.1. The molecule has 1 aromatic carbocycles. The number of unbranched alkanes of at least 4 members (excludes halogenated alkanes) is 4. The van der Waals surface area contributed by atoms with Crippen LogP contribution in [0.1, 0.15) is 44.6 Å². The Morgan fingerprint density at radius 2 is 1.50 bits per heavy atom. The van der Waals surface area contributed by atoms with Gasteiger partial charge in [0.1, 0.15) is 0 Å². The predicted octanol–water partition coefficient (Wildman–Crippen LogP) is 5.50. The van der Waals surface area contributed by atoms with Crippen LogP contribution in [0.3, 0.4) is 0 Å². The van der Waals surface area contributed by atoms with E-state index in [1.807, 2.05) is 18.2 Å². The van der Waals surface area contributed by atoms with Crippen LogP contribution in [-0.2, 0) is 16.1 Å². The molecule has 4 heteroatoms. The average molecular weight is 319 g/mol. The molecule has 114 valence electrons. The molecule has 0 aliphatic rings. The lowest BCUT2D eigenvalue weighted by Crippen LogP contribution is -2.05. The lowest BCUT2D eigenvalue weighted by atomic mass is 10.2. The van der Waals surface area contributed by atoms with Crippen molar-refractivity contribution in [2.24, 2.45) is 0 Å². The van der Waals surface area contributed by atoms with Crippen molar-refractivity contribution >= 4 is 23.2 Å². The number of ether oxygens (including phenoxy) is 2. The summed E-state index contributed by atoms with van der Waals surface area (Å²) < 4.78 is 11.1. The molecule has 0 spiro atoms. The smallest absolute Gasteiger partial charge is 0.0747 e. The Morgan fingerprint density at radius 1 is 0.850 bits per heavy atom. The fraction of sp³-hybridized carbons (Fsp3) is 0.625. The Labute approximate surface area is 132 Å². The van der Waals surface area contributed by atoms with Gasteiger partial charge < -0.3 is 9.47 Å². The van der Waals surface area contributed by atoms with Gasteiger partial charge in [-0.1, -0.05) is 61.9 Å². The van der Waals surface area contributed by atoms with E-state index in [-0.39, 0.29) is 0 Å². The molecule has 2 nitrogen and oxygen atoms in total. The van der Waals surface area contributed by atoms with E-state index in [1.54, 1.807) is 0 Å². The van der Waals surface area contributed by atoms with Crippen LogP contribution in [0, 0.1) is 0 Å². The summed E-state index contributed by atoms with van der Waals surface area (Å²) in [6, 6.07) is 5.47. The van der Waals surface area contributed by atoms with Crippen molar-refractivity contribution < 1.29 is 9.47 Å². The van der Waals surface area contributed by atoms with Crippen LogP contribution >= 0.6 is 23.2 Å². The first-order valence-electron chi connectivity index (χ1n) is 7.34. The number of benzene rings is 1. The van der Waals surface area contributed by atoms with E-state index in [0.717, 1.165) is 18.6 Å². The molecule has 0 saturated carbocycles. The van der Waals surface area contributed by atoms with Gasteiger partial charge in [-0.3, -0.25) is 0 Å². The van der Waals surface area contributed by atoms with Gasteiger partial charge in [-0.05, 0) is 18.6 Å². The average Bonchev–Trinajstić information content (AvgIpc) is 2.43. The van der Waals surface area contributed by atoms with Gasteiger partial charge >= 0.3 is 0 Å². The van der Waals surface area contributed by atoms with Crippen molar-refractivity contribution in [1.29, 1.82) is 0 Å². The molecule has 0 atom stereocenters. The summed E-state index contributed by atoms with van der Waals surface area (Å²) in [6.07, 6.45) is 6.29.